The van der Waals surface area contributed by atoms with Crippen LogP contribution in [-0.4, -0.2) is 68.1 Å². The summed E-state index contributed by atoms with van der Waals surface area (Å²) in [6.07, 6.45) is 0.338. The van der Waals surface area contributed by atoms with Gasteiger partial charge in [0.1, 0.15) is 6.04 Å². The lowest BCUT2D eigenvalue weighted by molar-refractivity contribution is -0.147. The molecule has 2 aliphatic heterocycles. The molecule has 30 heavy (non-hydrogen) atoms. The Morgan fingerprint density at radius 1 is 1.07 bits per heavy atom. The van der Waals surface area contributed by atoms with E-state index in [0.717, 1.165) is 24.2 Å². The highest BCUT2D eigenvalue weighted by molar-refractivity contribution is 5.92. The van der Waals surface area contributed by atoms with Gasteiger partial charge in [0.05, 0.1) is 13.0 Å². The second-order valence-electron chi connectivity index (χ2n) is 8.01. The van der Waals surface area contributed by atoms with Gasteiger partial charge in [0.2, 0.25) is 11.8 Å². The van der Waals surface area contributed by atoms with E-state index in [1.165, 1.54) is 11.3 Å². The molecule has 2 heterocycles. The van der Waals surface area contributed by atoms with E-state index in [9.17, 15) is 9.59 Å². The Labute approximate surface area is 178 Å². The number of nitrogens with zero attached hydrogens (tertiary/aromatic N) is 3. The monoisotopic (exact) mass is 407 g/mol. The van der Waals surface area contributed by atoms with Crippen molar-refractivity contribution in [2.45, 2.75) is 19.4 Å². The quantitative estimate of drug-likeness (QED) is 0.764. The Hall–Kier alpha value is -2.86. The van der Waals surface area contributed by atoms with Gasteiger partial charge in [0.25, 0.3) is 0 Å². The van der Waals surface area contributed by atoms with E-state index in [2.05, 4.69) is 36.1 Å². The van der Waals surface area contributed by atoms with Gasteiger partial charge in [-0.25, -0.2) is 0 Å². The van der Waals surface area contributed by atoms with Crippen LogP contribution in [0.25, 0.3) is 0 Å². The van der Waals surface area contributed by atoms with E-state index in [1.54, 1.807) is 12.0 Å². The van der Waals surface area contributed by atoms with Crippen molar-refractivity contribution in [3.05, 3.63) is 65.2 Å². The van der Waals surface area contributed by atoms with Crippen LogP contribution in [-0.2, 0) is 20.7 Å². The number of hydrogen-bond acceptors (Lipinski definition) is 4. The van der Waals surface area contributed by atoms with Crippen molar-refractivity contribution < 1.29 is 14.3 Å². The van der Waals surface area contributed by atoms with Crippen LogP contribution in [0, 0.1) is 6.92 Å². The van der Waals surface area contributed by atoms with Crippen LogP contribution < -0.4 is 4.90 Å². The minimum absolute atomic E-state index is 0.00972. The number of fused-ring (bicyclic) bond motifs is 1. The van der Waals surface area contributed by atoms with Gasteiger partial charge >= 0.3 is 0 Å². The lowest BCUT2D eigenvalue weighted by Gasteiger charge is -2.42. The summed E-state index contributed by atoms with van der Waals surface area (Å²) in [5, 5.41) is 0. The molecule has 0 unspecified atom stereocenters. The second kappa shape index (κ2) is 8.88. The average molecular weight is 408 g/mol. The summed E-state index contributed by atoms with van der Waals surface area (Å²) < 4.78 is 5.20. The molecule has 2 amide bonds. The van der Waals surface area contributed by atoms with Crippen molar-refractivity contribution in [1.82, 2.24) is 9.80 Å². The molecule has 4 rings (SSSR count). The fourth-order valence-corrected chi connectivity index (χ4v) is 4.43. The number of aryl methyl sites for hydroxylation is 1. The molecule has 0 N–H and O–H groups in total. The molecule has 6 nitrogen and oxygen atoms in total. The Morgan fingerprint density at radius 2 is 1.83 bits per heavy atom. The molecule has 0 saturated carbocycles. The molecule has 0 aromatic heterocycles. The standard InChI is InChI=1S/C24H29N3O3/c1-18-6-5-8-20(16-18)25-10-12-26(13-11-25)24(29)23-21-9-4-3-7-19(21)17-22(28)27(23)14-15-30-2/h3-9,16,23H,10-15,17H2,1-2H3/t23-/m0/s1. The topological polar surface area (TPSA) is 53.1 Å². The van der Waals surface area contributed by atoms with Crippen LogP contribution in [0.1, 0.15) is 22.7 Å². The molecule has 0 radical (unpaired) electrons. The Bertz CT molecular complexity index is 921. The van der Waals surface area contributed by atoms with Crippen molar-refractivity contribution in [3.63, 3.8) is 0 Å². The molecule has 1 fully saturated rings. The summed E-state index contributed by atoms with van der Waals surface area (Å²) >= 11 is 0. The zero-order valence-corrected chi connectivity index (χ0v) is 17.7. The number of anilines is 1. The molecule has 1 atom stereocenters. The van der Waals surface area contributed by atoms with Gasteiger partial charge < -0.3 is 19.4 Å². The number of benzene rings is 2. The van der Waals surface area contributed by atoms with Crippen molar-refractivity contribution in [2.75, 3.05) is 51.3 Å². The summed E-state index contributed by atoms with van der Waals surface area (Å²) in [6, 6.07) is 15.7. The maximum absolute atomic E-state index is 13.6. The van der Waals surface area contributed by atoms with Gasteiger partial charge in [-0.05, 0) is 35.7 Å². The second-order valence-corrected chi connectivity index (χ2v) is 8.01. The largest absolute Gasteiger partial charge is 0.383 e. The van der Waals surface area contributed by atoms with E-state index in [-0.39, 0.29) is 11.8 Å². The average Bonchev–Trinajstić information content (AvgIpc) is 2.77. The molecule has 0 spiro atoms. The zero-order chi connectivity index (χ0) is 21.1. The Balaban J connectivity index is 1.53. The van der Waals surface area contributed by atoms with Gasteiger partial charge in [-0.15, -0.1) is 0 Å². The van der Waals surface area contributed by atoms with Crippen molar-refractivity contribution in [1.29, 1.82) is 0 Å². The first kappa shape index (κ1) is 20.4. The van der Waals surface area contributed by atoms with Crippen LogP contribution in [0.4, 0.5) is 5.69 Å². The van der Waals surface area contributed by atoms with E-state index in [4.69, 9.17) is 4.74 Å². The molecule has 158 valence electrons. The fourth-order valence-electron chi connectivity index (χ4n) is 4.43. The molecule has 2 aliphatic rings. The number of rotatable bonds is 5. The molecule has 1 saturated heterocycles. The number of hydrogen-bond donors (Lipinski definition) is 0. The first-order chi connectivity index (χ1) is 14.6. The van der Waals surface area contributed by atoms with Crippen LogP contribution in [0.15, 0.2) is 48.5 Å². The van der Waals surface area contributed by atoms with Gasteiger partial charge in [-0.2, -0.15) is 0 Å². The molecule has 0 bridgehead atoms. The van der Waals surface area contributed by atoms with Gasteiger partial charge in [0, 0.05) is 45.5 Å². The Kier molecular flexibility index (Phi) is 6.04. The first-order valence-corrected chi connectivity index (χ1v) is 10.5. The van der Waals surface area contributed by atoms with Crippen LogP contribution in [0.3, 0.4) is 0 Å². The predicted molar refractivity (Wildman–Crippen MR) is 116 cm³/mol. The Morgan fingerprint density at radius 3 is 2.57 bits per heavy atom. The third kappa shape index (κ3) is 4.05. The normalized spacial score (nSPS) is 19.1. The van der Waals surface area contributed by atoms with E-state index < -0.39 is 6.04 Å². The number of amides is 2. The third-order valence-corrected chi connectivity index (χ3v) is 6.05. The summed E-state index contributed by atoms with van der Waals surface area (Å²) in [4.78, 5) is 32.3. The number of methoxy groups -OCH3 is 1. The highest BCUT2D eigenvalue weighted by Crippen LogP contribution is 2.32. The molecular weight excluding hydrogens is 378 g/mol. The van der Waals surface area contributed by atoms with Gasteiger partial charge in [-0.3, -0.25) is 9.59 Å². The molecule has 2 aromatic rings. The minimum atomic E-state index is -0.567. The van der Waals surface area contributed by atoms with Crippen LogP contribution >= 0.6 is 0 Å². The highest BCUT2D eigenvalue weighted by atomic mass is 16.5. The minimum Gasteiger partial charge on any atom is -0.383 e. The molecule has 6 heteroatoms. The van der Waals surface area contributed by atoms with Crippen molar-refractivity contribution in [2.24, 2.45) is 0 Å². The van der Waals surface area contributed by atoms with Crippen molar-refractivity contribution >= 4 is 17.5 Å². The van der Waals surface area contributed by atoms with E-state index >= 15 is 0 Å². The summed E-state index contributed by atoms with van der Waals surface area (Å²) in [7, 11) is 1.61. The summed E-state index contributed by atoms with van der Waals surface area (Å²) in [5.41, 5.74) is 4.33. The molecule has 0 aliphatic carbocycles. The molecule has 2 aromatic carbocycles. The smallest absolute Gasteiger partial charge is 0.250 e. The zero-order valence-electron chi connectivity index (χ0n) is 17.7. The maximum Gasteiger partial charge on any atom is 0.250 e. The number of carbonyl (C=O) groups excluding carboxylic acids is 2. The molecular formula is C24H29N3O3. The lowest BCUT2D eigenvalue weighted by atomic mass is 9.91. The first-order valence-electron chi connectivity index (χ1n) is 10.5. The van der Waals surface area contributed by atoms with Crippen molar-refractivity contribution in [3.8, 4) is 0 Å². The fraction of sp³-hybridized carbons (Fsp3) is 0.417. The third-order valence-electron chi connectivity index (χ3n) is 6.05. The SMILES string of the molecule is COCCN1C(=O)Cc2ccccc2[C@H]1C(=O)N1CCN(c2cccc(C)c2)CC1. The van der Waals surface area contributed by atoms with E-state index in [1.807, 2.05) is 29.2 Å². The van der Waals surface area contributed by atoms with Crippen LogP contribution in [0.2, 0.25) is 0 Å². The van der Waals surface area contributed by atoms with Gasteiger partial charge in [-0.1, -0.05) is 36.4 Å². The number of ether oxygens (including phenoxy) is 1. The maximum atomic E-state index is 13.6. The lowest BCUT2D eigenvalue weighted by Crippen LogP contribution is -2.54. The van der Waals surface area contributed by atoms with Gasteiger partial charge in [0.15, 0.2) is 0 Å². The summed E-state index contributed by atoms with van der Waals surface area (Å²) in [5.74, 6) is -0.00186. The van der Waals surface area contributed by atoms with E-state index in [0.29, 0.717) is 32.7 Å². The number of carbonyl (C=O) groups is 2. The van der Waals surface area contributed by atoms with Crippen LogP contribution in [0.5, 0.6) is 0 Å². The predicted octanol–water partition coefficient (Wildman–Crippen LogP) is 2.42. The summed E-state index contributed by atoms with van der Waals surface area (Å²) in [6.45, 7) is 5.80. The highest BCUT2D eigenvalue weighted by Gasteiger charge is 2.39. The number of piperazine rings is 1.